The highest BCUT2D eigenvalue weighted by Gasteiger charge is 2.80. The third-order valence-corrected chi connectivity index (χ3v) is 7.02. The van der Waals surface area contributed by atoms with Crippen molar-refractivity contribution in [1.29, 1.82) is 0 Å². The molecule has 4 rings (SSSR count). The van der Waals surface area contributed by atoms with Crippen LogP contribution in [-0.2, 0) is 14.4 Å². The van der Waals surface area contributed by atoms with Crippen LogP contribution in [0.4, 0.5) is 9.59 Å². The zero-order valence-corrected chi connectivity index (χ0v) is 15.6. The Morgan fingerprint density at radius 3 is 1.67 bits per heavy atom. The van der Waals surface area contributed by atoms with Crippen LogP contribution in [-0.4, -0.2) is 82.7 Å². The highest BCUT2D eigenvalue weighted by atomic mass is 16.2. The minimum absolute atomic E-state index is 0.0724. The van der Waals surface area contributed by atoms with E-state index in [1.807, 2.05) is 0 Å². The summed E-state index contributed by atoms with van der Waals surface area (Å²) < 4.78 is 0. The highest BCUT2D eigenvalue weighted by molar-refractivity contribution is 6.10. The van der Waals surface area contributed by atoms with Gasteiger partial charge in [-0.05, 0) is 13.8 Å². The summed E-state index contributed by atoms with van der Waals surface area (Å²) in [7, 11) is 0. The van der Waals surface area contributed by atoms with E-state index in [1.54, 1.807) is 25.7 Å². The maximum atomic E-state index is 12.7. The molecule has 0 aromatic heterocycles. The highest BCUT2D eigenvalue weighted by Crippen LogP contribution is 2.62. The molecular formula is C17H23N5O5. The van der Waals surface area contributed by atoms with Crippen molar-refractivity contribution in [2.24, 2.45) is 10.8 Å². The molecule has 4 unspecified atom stereocenters. The molecule has 10 nitrogen and oxygen atoms in total. The average Bonchev–Trinajstić information content (AvgIpc) is 2.71. The largest absolute Gasteiger partial charge is 0.339 e. The lowest BCUT2D eigenvalue weighted by molar-refractivity contribution is -0.212. The van der Waals surface area contributed by atoms with Crippen LogP contribution in [0.1, 0.15) is 27.2 Å². The van der Waals surface area contributed by atoms with E-state index < -0.39 is 46.8 Å². The molecule has 1 saturated carbocycles. The van der Waals surface area contributed by atoms with Gasteiger partial charge in [0.1, 0.15) is 0 Å². The minimum Gasteiger partial charge on any atom is -0.339 e. The molecule has 1 aliphatic carbocycles. The standard InChI is InChI=1S/C17H23N5O5/c1-4-9(23)20-5-7-21-10-11-17(3,16(10,2)12(24)18-14(21)26)13(25)19-15(27)22(11)8-6-20/h10-11H,4-8H2,1-3H3,(H,18,24,26)(H,19,25,27). The SMILES string of the molecule is CCC(=O)N1CCN2C(=O)NC(=O)C3(C)C2C2N(CC1)C(=O)NC(=O)C23C. The molecule has 4 fully saturated rings. The van der Waals surface area contributed by atoms with Gasteiger partial charge in [0.2, 0.25) is 17.7 Å². The van der Waals surface area contributed by atoms with Crippen LogP contribution >= 0.6 is 0 Å². The maximum Gasteiger partial charge on any atom is 0.324 e. The van der Waals surface area contributed by atoms with Gasteiger partial charge in [0, 0.05) is 32.6 Å². The summed E-state index contributed by atoms with van der Waals surface area (Å²) in [4.78, 5) is 67.5. The molecule has 0 bridgehead atoms. The molecular weight excluding hydrogens is 354 g/mol. The second kappa shape index (κ2) is 5.43. The first kappa shape index (κ1) is 17.7. The molecule has 146 valence electrons. The summed E-state index contributed by atoms with van der Waals surface area (Å²) in [6, 6.07) is -2.30. The topological polar surface area (TPSA) is 119 Å². The monoisotopic (exact) mass is 377 g/mol. The summed E-state index contributed by atoms with van der Waals surface area (Å²) >= 11 is 0. The van der Waals surface area contributed by atoms with Crippen LogP contribution in [0.15, 0.2) is 0 Å². The Balaban J connectivity index is 1.82. The molecule has 0 aromatic rings. The summed E-state index contributed by atoms with van der Waals surface area (Å²) in [5, 5.41) is 4.71. The van der Waals surface area contributed by atoms with Gasteiger partial charge in [-0.2, -0.15) is 0 Å². The number of nitrogens with one attached hydrogen (secondary N) is 2. The van der Waals surface area contributed by atoms with Crippen LogP contribution in [0.3, 0.4) is 0 Å². The Hall–Kier alpha value is -2.65. The predicted molar refractivity (Wildman–Crippen MR) is 91.2 cm³/mol. The smallest absolute Gasteiger partial charge is 0.324 e. The lowest BCUT2D eigenvalue weighted by Crippen LogP contribution is -2.91. The number of nitrogens with zero attached hydrogens (tertiary/aromatic N) is 3. The normalized spacial score (nSPS) is 38.1. The van der Waals surface area contributed by atoms with Crippen LogP contribution in [0.5, 0.6) is 0 Å². The number of carbonyl (C=O) groups excluding carboxylic acids is 5. The lowest BCUT2D eigenvalue weighted by Gasteiger charge is -2.71. The lowest BCUT2D eigenvalue weighted by atomic mass is 9.42. The molecule has 7 amide bonds. The quantitative estimate of drug-likeness (QED) is 0.614. The van der Waals surface area contributed by atoms with Crippen molar-refractivity contribution in [3.05, 3.63) is 0 Å². The van der Waals surface area contributed by atoms with Crippen LogP contribution < -0.4 is 10.6 Å². The number of imide groups is 2. The maximum absolute atomic E-state index is 12.7. The van der Waals surface area contributed by atoms with Crippen LogP contribution in [0.2, 0.25) is 0 Å². The molecule has 3 saturated heterocycles. The third kappa shape index (κ3) is 1.93. The molecule has 27 heavy (non-hydrogen) atoms. The first-order valence-corrected chi connectivity index (χ1v) is 9.19. The van der Waals surface area contributed by atoms with Gasteiger partial charge >= 0.3 is 12.1 Å². The van der Waals surface area contributed by atoms with E-state index in [-0.39, 0.29) is 19.0 Å². The number of amides is 7. The zero-order chi connectivity index (χ0) is 19.7. The fraction of sp³-hybridized carbons (Fsp3) is 0.706. The van der Waals surface area contributed by atoms with Crippen molar-refractivity contribution >= 4 is 29.8 Å². The fourth-order valence-electron chi connectivity index (χ4n) is 5.23. The van der Waals surface area contributed by atoms with Gasteiger partial charge in [-0.15, -0.1) is 0 Å². The van der Waals surface area contributed by atoms with E-state index in [1.165, 1.54) is 9.80 Å². The number of rotatable bonds is 1. The van der Waals surface area contributed by atoms with Gasteiger partial charge in [-0.3, -0.25) is 25.0 Å². The van der Waals surface area contributed by atoms with Gasteiger partial charge < -0.3 is 14.7 Å². The van der Waals surface area contributed by atoms with Gasteiger partial charge in [-0.1, -0.05) is 6.92 Å². The Morgan fingerprint density at radius 2 is 1.30 bits per heavy atom. The molecule has 0 aromatic carbocycles. The molecule has 3 aliphatic heterocycles. The Morgan fingerprint density at radius 1 is 0.889 bits per heavy atom. The van der Waals surface area contributed by atoms with Crippen LogP contribution in [0, 0.1) is 10.8 Å². The van der Waals surface area contributed by atoms with Crippen molar-refractivity contribution in [2.45, 2.75) is 39.3 Å². The summed E-state index contributed by atoms with van der Waals surface area (Å²) in [6.07, 6.45) is 0.317. The minimum atomic E-state index is -1.15. The molecule has 10 heteroatoms. The number of hydrogen-bond donors (Lipinski definition) is 2. The second-order valence-electron chi connectivity index (χ2n) is 7.93. The fourth-order valence-corrected chi connectivity index (χ4v) is 5.23. The zero-order valence-electron chi connectivity index (χ0n) is 15.6. The first-order valence-electron chi connectivity index (χ1n) is 9.19. The average molecular weight is 377 g/mol. The Bertz CT molecular complexity index is 728. The van der Waals surface area contributed by atoms with E-state index in [2.05, 4.69) is 10.6 Å². The molecule has 0 radical (unpaired) electrons. The van der Waals surface area contributed by atoms with Crippen molar-refractivity contribution in [2.75, 3.05) is 26.2 Å². The van der Waals surface area contributed by atoms with E-state index in [4.69, 9.17) is 0 Å². The number of carbonyl (C=O) groups is 5. The van der Waals surface area contributed by atoms with Gasteiger partial charge in [0.05, 0.1) is 22.9 Å². The van der Waals surface area contributed by atoms with Gasteiger partial charge in [-0.25, -0.2) is 9.59 Å². The molecule has 4 aliphatic rings. The van der Waals surface area contributed by atoms with E-state index in [9.17, 15) is 24.0 Å². The van der Waals surface area contributed by atoms with Crippen molar-refractivity contribution in [1.82, 2.24) is 25.3 Å². The third-order valence-electron chi connectivity index (χ3n) is 7.02. The van der Waals surface area contributed by atoms with Crippen molar-refractivity contribution < 1.29 is 24.0 Å². The van der Waals surface area contributed by atoms with E-state index in [0.29, 0.717) is 19.5 Å². The van der Waals surface area contributed by atoms with Gasteiger partial charge in [0.15, 0.2) is 0 Å². The number of fused-ring (bicyclic) bond motifs is 1. The van der Waals surface area contributed by atoms with E-state index >= 15 is 0 Å². The second-order valence-corrected chi connectivity index (χ2v) is 7.93. The summed E-state index contributed by atoms with van der Waals surface area (Å²) in [5.41, 5.74) is -2.31. The Labute approximate surface area is 156 Å². The summed E-state index contributed by atoms with van der Waals surface area (Å²) in [6.45, 7) is 6.20. The predicted octanol–water partition coefficient (Wildman–Crippen LogP) is -0.894. The van der Waals surface area contributed by atoms with Crippen molar-refractivity contribution in [3.8, 4) is 0 Å². The van der Waals surface area contributed by atoms with Gasteiger partial charge in [0.25, 0.3) is 0 Å². The van der Waals surface area contributed by atoms with Crippen molar-refractivity contribution in [3.63, 3.8) is 0 Å². The number of urea groups is 2. The molecule has 3 heterocycles. The molecule has 4 atom stereocenters. The molecule has 2 N–H and O–H groups in total. The Kier molecular flexibility index (Phi) is 3.57. The van der Waals surface area contributed by atoms with E-state index in [0.717, 1.165) is 0 Å². The number of hydrogen-bond acceptors (Lipinski definition) is 5. The first-order chi connectivity index (χ1) is 12.7. The van der Waals surface area contributed by atoms with Crippen LogP contribution in [0.25, 0.3) is 0 Å². The summed E-state index contributed by atoms with van der Waals surface area (Å²) in [5.74, 6) is -1.08. The molecule has 0 spiro atoms.